The van der Waals surface area contributed by atoms with Crippen LogP contribution in [-0.4, -0.2) is 30.8 Å². The summed E-state index contributed by atoms with van der Waals surface area (Å²) in [5.74, 6) is 0. The van der Waals surface area contributed by atoms with Crippen LogP contribution in [-0.2, 0) is 6.42 Å². The van der Waals surface area contributed by atoms with E-state index in [0.717, 1.165) is 11.3 Å². The van der Waals surface area contributed by atoms with Gasteiger partial charge >= 0.3 is 6.03 Å². The standard InChI is InChI=1S/C17H21ClN4O2/c18-13-9-14(20-7-6-19)11-15(10-13)21-17(24)22-16-4-2-1-3-12(16)5-8-23/h1-4,9-11,20,23H,5-8,19H2,(H2,21,22,24). The van der Waals surface area contributed by atoms with Gasteiger partial charge in [-0.1, -0.05) is 29.8 Å². The van der Waals surface area contributed by atoms with Crippen molar-refractivity contribution in [3.63, 3.8) is 0 Å². The third-order valence-electron chi connectivity index (χ3n) is 3.28. The SMILES string of the molecule is NCCNc1cc(Cl)cc(NC(=O)Nc2ccccc2CCO)c1. The second kappa shape index (κ2) is 9.12. The molecule has 0 spiro atoms. The molecule has 0 heterocycles. The van der Waals surface area contributed by atoms with Crippen molar-refractivity contribution in [2.45, 2.75) is 6.42 Å². The number of nitrogens with one attached hydrogen (secondary N) is 3. The number of rotatable bonds is 7. The lowest BCUT2D eigenvalue weighted by Crippen LogP contribution is -2.20. The fourth-order valence-electron chi connectivity index (χ4n) is 2.25. The highest BCUT2D eigenvalue weighted by Gasteiger charge is 2.08. The molecule has 0 atom stereocenters. The van der Waals surface area contributed by atoms with Gasteiger partial charge in [-0.05, 0) is 36.2 Å². The number of carbonyl (C=O) groups is 1. The summed E-state index contributed by atoms with van der Waals surface area (Å²) in [4.78, 5) is 12.2. The Bertz CT molecular complexity index is 694. The normalized spacial score (nSPS) is 10.3. The molecule has 0 radical (unpaired) electrons. The van der Waals surface area contributed by atoms with Crippen molar-refractivity contribution in [3.05, 3.63) is 53.1 Å². The van der Waals surface area contributed by atoms with Gasteiger partial charge in [-0.15, -0.1) is 0 Å². The maximum absolute atomic E-state index is 12.2. The van der Waals surface area contributed by atoms with E-state index in [1.807, 2.05) is 18.2 Å². The van der Waals surface area contributed by atoms with Crippen molar-refractivity contribution < 1.29 is 9.90 Å². The van der Waals surface area contributed by atoms with Crippen LogP contribution in [0.1, 0.15) is 5.56 Å². The molecular weight excluding hydrogens is 328 g/mol. The predicted octanol–water partition coefficient (Wildman–Crippen LogP) is 2.89. The van der Waals surface area contributed by atoms with Crippen molar-refractivity contribution in [1.82, 2.24) is 0 Å². The van der Waals surface area contributed by atoms with E-state index in [9.17, 15) is 4.79 Å². The predicted molar refractivity (Wildman–Crippen MR) is 98.9 cm³/mol. The highest BCUT2D eigenvalue weighted by Crippen LogP contribution is 2.23. The molecule has 0 unspecified atom stereocenters. The number of urea groups is 1. The molecule has 0 aliphatic rings. The Hall–Kier alpha value is -2.28. The van der Waals surface area contributed by atoms with Crippen LogP contribution in [0.15, 0.2) is 42.5 Å². The number of nitrogens with two attached hydrogens (primary N) is 1. The molecule has 128 valence electrons. The zero-order valence-corrected chi connectivity index (χ0v) is 13.9. The first-order valence-corrected chi connectivity index (χ1v) is 8.01. The molecule has 0 aromatic heterocycles. The summed E-state index contributed by atoms with van der Waals surface area (Å²) < 4.78 is 0. The Balaban J connectivity index is 2.06. The van der Waals surface area contributed by atoms with Crippen LogP contribution in [0.4, 0.5) is 21.9 Å². The number of anilines is 3. The molecule has 0 fully saturated rings. The van der Waals surface area contributed by atoms with Gasteiger partial charge < -0.3 is 26.8 Å². The molecule has 2 aromatic carbocycles. The molecule has 0 bridgehead atoms. The summed E-state index contributed by atoms with van der Waals surface area (Å²) in [7, 11) is 0. The molecule has 7 heteroatoms. The minimum Gasteiger partial charge on any atom is -0.396 e. The van der Waals surface area contributed by atoms with Gasteiger partial charge in [-0.3, -0.25) is 0 Å². The topological polar surface area (TPSA) is 99.4 Å². The van der Waals surface area contributed by atoms with Crippen molar-refractivity contribution in [2.24, 2.45) is 5.73 Å². The van der Waals surface area contributed by atoms with E-state index in [4.69, 9.17) is 22.4 Å². The van der Waals surface area contributed by atoms with Gasteiger partial charge in [0.25, 0.3) is 0 Å². The molecular formula is C17H21ClN4O2. The van der Waals surface area contributed by atoms with Gasteiger partial charge in [0.05, 0.1) is 0 Å². The maximum atomic E-state index is 12.2. The van der Waals surface area contributed by atoms with E-state index < -0.39 is 0 Å². The molecule has 24 heavy (non-hydrogen) atoms. The molecule has 2 amide bonds. The molecule has 0 saturated carbocycles. The number of hydrogen-bond donors (Lipinski definition) is 5. The molecule has 0 saturated heterocycles. The Morgan fingerprint density at radius 2 is 1.88 bits per heavy atom. The van der Waals surface area contributed by atoms with Crippen molar-refractivity contribution in [3.8, 4) is 0 Å². The molecule has 2 aromatic rings. The number of para-hydroxylation sites is 1. The lowest BCUT2D eigenvalue weighted by Gasteiger charge is -2.13. The van der Waals surface area contributed by atoms with Gasteiger partial charge in [0.2, 0.25) is 0 Å². The number of aliphatic hydroxyl groups excluding tert-OH is 1. The summed E-state index contributed by atoms with van der Waals surface area (Å²) in [6.45, 7) is 1.13. The lowest BCUT2D eigenvalue weighted by atomic mass is 10.1. The molecule has 6 N–H and O–H groups in total. The van der Waals surface area contributed by atoms with Gasteiger partial charge in [0, 0.05) is 41.8 Å². The second-order valence-electron chi connectivity index (χ2n) is 5.15. The van der Waals surface area contributed by atoms with Crippen LogP contribution in [0.3, 0.4) is 0 Å². The van der Waals surface area contributed by atoms with Crippen molar-refractivity contribution in [2.75, 3.05) is 35.6 Å². The van der Waals surface area contributed by atoms with Crippen LogP contribution in [0, 0.1) is 0 Å². The first kappa shape index (κ1) is 18.1. The molecule has 0 aliphatic heterocycles. The van der Waals surface area contributed by atoms with Gasteiger partial charge in [0.1, 0.15) is 0 Å². The van der Waals surface area contributed by atoms with E-state index in [2.05, 4.69) is 16.0 Å². The Morgan fingerprint density at radius 3 is 2.62 bits per heavy atom. The van der Waals surface area contributed by atoms with E-state index in [-0.39, 0.29) is 12.6 Å². The highest BCUT2D eigenvalue weighted by molar-refractivity contribution is 6.31. The Morgan fingerprint density at radius 1 is 1.12 bits per heavy atom. The van der Waals surface area contributed by atoms with Crippen LogP contribution >= 0.6 is 11.6 Å². The lowest BCUT2D eigenvalue weighted by molar-refractivity contribution is 0.262. The van der Waals surface area contributed by atoms with E-state index in [1.54, 1.807) is 24.3 Å². The average molecular weight is 349 g/mol. The number of benzene rings is 2. The fourth-order valence-corrected chi connectivity index (χ4v) is 2.48. The highest BCUT2D eigenvalue weighted by atomic mass is 35.5. The van der Waals surface area contributed by atoms with Gasteiger partial charge in [0.15, 0.2) is 0 Å². The zero-order valence-electron chi connectivity index (χ0n) is 13.2. The third-order valence-corrected chi connectivity index (χ3v) is 3.49. The van der Waals surface area contributed by atoms with E-state index >= 15 is 0 Å². The number of amides is 2. The van der Waals surface area contributed by atoms with Gasteiger partial charge in [-0.2, -0.15) is 0 Å². The monoisotopic (exact) mass is 348 g/mol. The molecule has 2 rings (SSSR count). The molecule has 0 aliphatic carbocycles. The smallest absolute Gasteiger partial charge is 0.323 e. The molecule has 6 nitrogen and oxygen atoms in total. The third kappa shape index (κ3) is 5.42. The summed E-state index contributed by atoms with van der Waals surface area (Å²) in [5.41, 5.74) is 8.34. The quantitative estimate of drug-likeness (QED) is 0.531. The Labute approximate surface area is 146 Å². The van der Waals surface area contributed by atoms with E-state index in [1.165, 1.54) is 0 Å². The minimum atomic E-state index is -0.382. The summed E-state index contributed by atoms with van der Waals surface area (Å²) >= 11 is 6.07. The second-order valence-corrected chi connectivity index (χ2v) is 5.59. The summed E-state index contributed by atoms with van der Waals surface area (Å²) in [5, 5.41) is 18.2. The first-order valence-electron chi connectivity index (χ1n) is 7.63. The van der Waals surface area contributed by atoms with Crippen LogP contribution in [0.2, 0.25) is 5.02 Å². The van der Waals surface area contributed by atoms with Crippen LogP contribution in [0.5, 0.6) is 0 Å². The fraction of sp³-hybridized carbons (Fsp3) is 0.235. The number of hydrogen-bond acceptors (Lipinski definition) is 4. The zero-order chi connectivity index (χ0) is 17.4. The van der Waals surface area contributed by atoms with Crippen molar-refractivity contribution in [1.29, 1.82) is 0 Å². The number of halogens is 1. The largest absolute Gasteiger partial charge is 0.396 e. The first-order chi connectivity index (χ1) is 11.6. The average Bonchev–Trinajstić information content (AvgIpc) is 2.54. The summed E-state index contributed by atoms with van der Waals surface area (Å²) in [6, 6.07) is 12.2. The minimum absolute atomic E-state index is 0.0186. The van der Waals surface area contributed by atoms with Crippen molar-refractivity contribution >= 4 is 34.7 Å². The maximum Gasteiger partial charge on any atom is 0.323 e. The van der Waals surface area contributed by atoms with Crippen LogP contribution < -0.4 is 21.7 Å². The number of carbonyl (C=O) groups excluding carboxylic acids is 1. The van der Waals surface area contributed by atoms with Gasteiger partial charge in [-0.25, -0.2) is 4.79 Å². The Kier molecular flexibility index (Phi) is 6.87. The summed E-state index contributed by atoms with van der Waals surface area (Å²) in [6.07, 6.45) is 0.473. The number of aliphatic hydroxyl groups is 1. The van der Waals surface area contributed by atoms with Crippen LogP contribution in [0.25, 0.3) is 0 Å². The van der Waals surface area contributed by atoms with E-state index in [0.29, 0.717) is 35.9 Å².